The van der Waals surface area contributed by atoms with E-state index < -0.39 is 0 Å². The Balaban J connectivity index is 1.27. The number of nitrogens with one attached hydrogen (secondary N) is 1. The number of rotatable bonds is 4. The Kier molecular flexibility index (Phi) is 4.33. The van der Waals surface area contributed by atoms with Crippen LogP contribution in [-0.2, 0) is 0 Å². The molecule has 2 saturated carbocycles. The molecule has 5 nitrogen and oxygen atoms in total. The molecule has 0 amide bonds. The van der Waals surface area contributed by atoms with Crippen molar-refractivity contribution in [3.05, 3.63) is 5.82 Å². The van der Waals surface area contributed by atoms with Crippen molar-refractivity contribution < 1.29 is 5.11 Å². The number of aliphatic hydroxyl groups is 1. The molecule has 0 spiro atoms. The molecule has 2 heterocycles. The Morgan fingerprint density at radius 1 is 1.05 bits per heavy atom. The summed E-state index contributed by atoms with van der Waals surface area (Å²) in [7, 11) is 0. The summed E-state index contributed by atoms with van der Waals surface area (Å²) in [6, 6.07) is 0.912. The van der Waals surface area contributed by atoms with Gasteiger partial charge in [0.15, 0.2) is 0 Å². The van der Waals surface area contributed by atoms with Gasteiger partial charge < -0.3 is 10.4 Å². The largest absolute Gasteiger partial charge is 0.391 e. The van der Waals surface area contributed by atoms with E-state index >= 15 is 0 Å². The van der Waals surface area contributed by atoms with E-state index in [1.165, 1.54) is 43.6 Å². The number of piperidine rings is 1. The van der Waals surface area contributed by atoms with Crippen LogP contribution in [0.25, 0.3) is 0 Å². The molecule has 0 aromatic carbocycles. The predicted octanol–water partition coefficient (Wildman–Crippen LogP) is 2.60. The maximum atomic E-state index is 10.2. The van der Waals surface area contributed by atoms with Crippen LogP contribution < -0.4 is 5.32 Å². The summed E-state index contributed by atoms with van der Waals surface area (Å²) in [6.45, 7) is 2.18. The predicted molar refractivity (Wildman–Crippen MR) is 88.4 cm³/mol. The van der Waals surface area contributed by atoms with Crippen LogP contribution in [-0.4, -0.2) is 50.6 Å². The molecule has 2 aliphatic carbocycles. The van der Waals surface area contributed by atoms with Crippen molar-refractivity contribution >= 4 is 16.7 Å². The molecule has 122 valence electrons. The molecule has 1 saturated heterocycles. The second-order valence-electron chi connectivity index (χ2n) is 7.11. The summed E-state index contributed by atoms with van der Waals surface area (Å²) in [6.07, 6.45) is 9.31. The maximum Gasteiger partial charge on any atom is 0.202 e. The lowest BCUT2D eigenvalue weighted by Crippen LogP contribution is -2.50. The highest BCUT2D eigenvalue weighted by Gasteiger charge is 2.32. The van der Waals surface area contributed by atoms with Gasteiger partial charge in [-0.3, -0.25) is 4.90 Å². The van der Waals surface area contributed by atoms with Crippen LogP contribution in [0.15, 0.2) is 0 Å². The van der Waals surface area contributed by atoms with Gasteiger partial charge in [-0.25, -0.2) is 4.98 Å². The van der Waals surface area contributed by atoms with Gasteiger partial charge in [-0.1, -0.05) is 12.8 Å². The minimum absolute atomic E-state index is 0.109. The van der Waals surface area contributed by atoms with Crippen molar-refractivity contribution in [3.8, 4) is 0 Å². The first-order valence-corrected chi connectivity index (χ1v) is 9.59. The quantitative estimate of drug-likeness (QED) is 0.892. The number of hydrogen-bond donors (Lipinski definition) is 2. The van der Waals surface area contributed by atoms with Gasteiger partial charge in [0.2, 0.25) is 5.13 Å². The smallest absolute Gasteiger partial charge is 0.202 e. The second-order valence-corrected chi connectivity index (χ2v) is 7.86. The summed E-state index contributed by atoms with van der Waals surface area (Å²) in [5.74, 6) is 1.69. The van der Waals surface area contributed by atoms with E-state index in [1.807, 2.05) is 0 Å². The molecule has 2 unspecified atom stereocenters. The zero-order valence-corrected chi connectivity index (χ0v) is 13.9. The number of anilines is 1. The molecule has 1 aliphatic heterocycles. The van der Waals surface area contributed by atoms with Gasteiger partial charge in [-0.15, -0.1) is 0 Å². The van der Waals surface area contributed by atoms with E-state index in [-0.39, 0.29) is 6.10 Å². The van der Waals surface area contributed by atoms with E-state index in [9.17, 15) is 5.11 Å². The molecule has 2 N–H and O–H groups in total. The van der Waals surface area contributed by atoms with Crippen LogP contribution in [0.5, 0.6) is 0 Å². The molecule has 0 radical (unpaired) electrons. The maximum absolute atomic E-state index is 10.2. The highest BCUT2D eigenvalue weighted by atomic mass is 32.1. The lowest BCUT2D eigenvalue weighted by atomic mass is 9.89. The third-order valence-corrected chi connectivity index (χ3v) is 6.06. The Bertz CT molecular complexity index is 496. The molecule has 2 atom stereocenters. The summed E-state index contributed by atoms with van der Waals surface area (Å²) in [5.41, 5.74) is 0. The number of aliphatic hydroxyl groups excluding tert-OH is 1. The minimum atomic E-state index is -0.109. The first-order valence-electron chi connectivity index (χ1n) is 8.82. The monoisotopic (exact) mass is 322 g/mol. The van der Waals surface area contributed by atoms with E-state index in [0.717, 1.165) is 43.3 Å². The average Bonchev–Trinajstić information content (AvgIpc) is 3.29. The highest BCUT2D eigenvalue weighted by Crippen LogP contribution is 2.39. The average molecular weight is 322 g/mol. The Morgan fingerprint density at radius 2 is 1.82 bits per heavy atom. The lowest BCUT2D eigenvalue weighted by molar-refractivity contribution is 0.00994. The van der Waals surface area contributed by atoms with Gasteiger partial charge in [0, 0.05) is 42.6 Å². The van der Waals surface area contributed by atoms with Crippen LogP contribution in [0.1, 0.15) is 63.1 Å². The summed E-state index contributed by atoms with van der Waals surface area (Å²) < 4.78 is 4.47. The van der Waals surface area contributed by atoms with Crippen LogP contribution in [0.2, 0.25) is 0 Å². The fourth-order valence-electron chi connectivity index (χ4n) is 3.87. The van der Waals surface area contributed by atoms with Gasteiger partial charge in [0.05, 0.1) is 6.10 Å². The Morgan fingerprint density at radius 3 is 2.55 bits per heavy atom. The van der Waals surface area contributed by atoms with Crippen LogP contribution in [0, 0.1) is 0 Å². The van der Waals surface area contributed by atoms with Crippen molar-refractivity contribution in [1.82, 2.24) is 14.3 Å². The van der Waals surface area contributed by atoms with Crippen LogP contribution in [0.3, 0.4) is 0 Å². The molecule has 3 aliphatic rings. The summed E-state index contributed by atoms with van der Waals surface area (Å²) in [5, 5.41) is 14.8. The fraction of sp³-hybridized carbons (Fsp3) is 0.875. The molecule has 1 aromatic rings. The van der Waals surface area contributed by atoms with E-state index in [1.54, 1.807) is 0 Å². The highest BCUT2D eigenvalue weighted by molar-refractivity contribution is 7.09. The topological polar surface area (TPSA) is 61.3 Å². The number of likely N-dealkylation sites (tertiary alicyclic amines) is 1. The Hall–Kier alpha value is -0.720. The number of aromatic nitrogens is 2. The van der Waals surface area contributed by atoms with Gasteiger partial charge >= 0.3 is 0 Å². The van der Waals surface area contributed by atoms with Crippen molar-refractivity contribution in [3.63, 3.8) is 0 Å². The molecular formula is C16H26N4OS. The lowest BCUT2D eigenvalue weighted by Gasteiger charge is -2.41. The third-order valence-electron chi connectivity index (χ3n) is 5.40. The molecular weight excluding hydrogens is 296 g/mol. The van der Waals surface area contributed by atoms with Crippen molar-refractivity contribution in [2.24, 2.45) is 0 Å². The standard InChI is InChI=1S/C16H26N4OS/c21-14-4-2-1-3-13(14)20-9-7-12(8-10-20)17-16-18-15(19-22-16)11-5-6-11/h11-14,21H,1-10H2,(H,17,18,19). The van der Waals surface area contributed by atoms with E-state index in [2.05, 4.69) is 19.6 Å². The molecule has 1 aromatic heterocycles. The SMILES string of the molecule is OC1CCCCC1N1CCC(Nc2nc(C3CC3)ns2)CC1. The zero-order valence-electron chi connectivity index (χ0n) is 13.1. The van der Waals surface area contributed by atoms with Crippen molar-refractivity contribution in [2.75, 3.05) is 18.4 Å². The van der Waals surface area contributed by atoms with E-state index in [4.69, 9.17) is 0 Å². The van der Waals surface area contributed by atoms with Gasteiger partial charge in [0.25, 0.3) is 0 Å². The first kappa shape index (κ1) is 14.8. The third kappa shape index (κ3) is 3.29. The number of hydrogen-bond acceptors (Lipinski definition) is 6. The zero-order chi connectivity index (χ0) is 14.9. The molecule has 4 rings (SSSR count). The van der Waals surface area contributed by atoms with Crippen molar-refractivity contribution in [2.45, 2.75) is 75.5 Å². The molecule has 3 fully saturated rings. The van der Waals surface area contributed by atoms with Crippen molar-refractivity contribution in [1.29, 1.82) is 0 Å². The van der Waals surface area contributed by atoms with Crippen LogP contribution >= 0.6 is 11.5 Å². The fourth-order valence-corrected chi connectivity index (χ4v) is 4.59. The Labute approximate surface area is 136 Å². The van der Waals surface area contributed by atoms with Gasteiger partial charge in [-0.05, 0) is 38.5 Å². The minimum Gasteiger partial charge on any atom is -0.391 e. The first-order chi connectivity index (χ1) is 10.8. The second kappa shape index (κ2) is 6.42. The van der Waals surface area contributed by atoms with E-state index in [0.29, 0.717) is 18.0 Å². The molecule has 0 bridgehead atoms. The van der Waals surface area contributed by atoms with Gasteiger partial charge in [0.1, 0.15) is 5.82 Å². The number of nitrogens with zero attached hydrogens (tertiary/aromatic N) is 3. The molecule has 22 heavy (non-hydrogen) atoms. The molecule has 6 heteroatoms. The summed E-state index contributed by atoms with van der Waals surface area (Å²) >= 11 is 1.51. The van der Waals surface area contributed by atoms with Crippen LogP contribution in [0.4, 0.5) is 5.13 Å². The normalized spacial score (nSPS) is 31.3. The summed E-state index contributed by atoms with van der Waals surface area (Å²) in [4.78, 5) is 7.14. The van der Waals surface area contributed by atoms with Gasteiger partial charge in [-0.2, -0.15) is 4.37 Å².